The lowest BCUT2D eigenvalue weighted by Crippen LogP contribution is -2.42. The summed E-state index contributed by atoms with van der Waals surface area (Å²) in [6.45, 7) is 7.65. The van der Waals surface area contributed by atoms with Gasteiger partial charge in [-0.3, -0.25) is 0 Å². The third kappa shape index (κ3) is 6.32. The lowest BCUT2D eigenvalue weighted by atomic mass is 10.2. The number of hydrogen-bond donors (Lipinski definition) is 1. The second kappa shape index (κ2) is 5.51. The molecule has 0 spiro atoms. The van der Waals surface area contributed by atoms with E-state index in [0.717, 1.165) is 0 Å². The molecule has 0 saturated carbocycles. The van der Waals surface area contributed by atoms with Crippen LogP contribution in [0.3, 0.4) is 0 Å². The fourth-order valence-corrected chi connectivity index (χ4v) is 0.641. The van der Waals surface area contributed by atoms with E-state index in [2.05, 4.69) is 17.3 Å². The van der Waals surface area contributed by atoms with Crippen molar-refractivity contribution >= 4 is 6.09 Å². The normalized spacial score (nSPS) is 10.1. The third-order valence-electron chi connectivity index (χ3n) is 1.25. The van der Waals surface area contributed by atoms with Crippen LogP contribution in [0.4, 0.5) is 4.79 Å². The van der Waals surface area contributed by atoms with Crippen molar-refractivity contribution in [3.63, 3.8) is 0 Å². The zero-order valence-corrected chi connectivity index (χ0v) is 9.47. The van der Waals surface area contributed by atoms with E-state index >= 15 is 0 Å². The Balaban J connectivity index is 3.92. The van der Waals surface area contributed by atoms with E-state index in [-0.39, 0.29) is 0 Å². The number of carbonyl (C=O) groups excluding carboxylic acids is 1. The zero-order chi connectivity index (χ0) is 11.2. The van der Waals surface area contributed by atoms with Gasteiger partial charge in [0, 0.05) is 7.05 Å². The molecule has 0 fully saturated rings. The molecule has 0 aliphatic rings. The molecule has 0 aromatic carbocycles. The molecule has 1 amide bonds. The van der Waals surface area contributed by atoms with Crippen LogP contribution in [0, 0.1) is 11.8 Å². The Hall–Kier alpha value is -1.21. The van der Waals surface area contributed by atoms with Crippen LogP contribution >= 0.6 is 0 Å². The Morgan fingerprint density at radius 3 is 2.50 bits per heavy atom. The Morgan fingerprint density at radius 2 is 2.07 bits per heavy atom. The summed E-state index contributed by atoms with van der Waals surface area (Å²) in [5, 5.41) is 1.29. The van der Waals surface area contributed by atoms with Gasteiger partial charge in [0.2, 0.25) is 0 Å². The average molecular weight is 198 g/mol. The molecule has 0 saturated heterocycles. The van der Waals surface area contributed by atoms with Gasteiger partial charge in [0.05, 0.1) is 6.54 Å². The summed E-state index contributed by atoms with van der Waals surface area (Å²) in [5.41, 5.74) is 2.32. The van der Waals surface area contributed by atoms with E-state index in [1.807, 2.05) is 20.8 Å². The first-order valence-corrected chi connectivity index (χ1v) is 4.46. The molecule has 0 aliphatic heterocycles. The van der Waals surface area contributed by atoms with Crippen LogP contribution in [-0.4, -0.2) is 30.3 Å². The molecule has 0 unspecified atom stereocenters. The van der Waals surface area contributed by atoms with Gasteiger partial charge < -0.3 is 4.74 Å². The fraction of sp³-hybridized carbons (Fsp3) is 0.700. The lowest BCUT2D eigenvalue weighted by Gasteiger charge is -2.24. The first-order chi connectivity index (χ1) is 6.37. The number of nitrogens with zero attached hydrogens (tertiary/aromatic N) is 1. The highest BCUT2D eigenvalue weighted by Crippen LogP contribution is 2.07. The average Bonchev–Trinajstić information content (AvgIpc) is 2.01. The molecular formula is C10H18N2O2. The number of nitrogens with one attached hydrogen (secondary N) is 1. The van der Waals surface area contributed by atoms with E-state index in [1.54, 1.807) is 14.0 Å². The highest BCUT2D eigenvalue weighted by Gasteiger charge is 2.18. The second-order valence-electron chi connectivity index (χ2n) is 3.80. The third-order valence-corrected chi connectivity index (χ3v) is 1.25. The molecule has 0 aromatic heterocycles. The van der Waals surface area contributed by atoms with Crippen molar-refractivity contribution in [2.45, 2.75) is 33.3 Å². The van der Waals surface area contributed by atoms with Crippen LogP contribution in [0.5, 0.6) is 0 Å². The first kappa shape index (κ1) is 12.8. The van der Waals surface area contributed by atoms with Gasteiger partial charge in [-0.15, -0.1) is 5.92 Å². The molecule has 4 nitrogen and oxygen atoms in total. The Kier molecular flexibility index (Phi) is 5.03. The summed E-state index contributed by atoms with van der Waals surface area (Å²) in [6.07, 6.45) is -0.407. The number of carbonyl (C=O) groups is 1. The molecule has 0 atom stereocenters. The summed E-state index contributed by atoms with van der Waals surface area (Å²) in [4.78, 5) is 11.3. The van der Waals surface area contributed by atoms with Gasteiger partial charge in [0.25, 0.3) is 0 Å². The summed E-state index contributed by atoms with van der Waals surface area (Å²) in [6, 6.07) is 0. The van der Waals surface area contributed by atoms with Crippen molar-refractivity contribution in [3.05, 3.63) is 0 Å². The highest BCUT2D eigenvalue weighted by atomic mass is 16.6. The molecule has 14 heavy (non-hydrogen) atoms. The van der Waals surface area contributed by atoms with Crippen LogP contribution in [0.15, 0.2) is 0 Å². The molecule has 0 aromatic rings. The first-order valence-electron chi connectivity index (χ1n) is 4.46. The topological polar surface area (TPSA) is 41.6 Å². The van der Waals surface area contributed by atoms with Crippen LogP contribution in [0.1, 0.15) is 27.7 Å². The lowest BCUT2D eigenvalue weighted by molar-refractivity contribution is 0.0213. The number of rotatable bonds is 2. The van der Waals surface area contributed by atoms with Crippen LogP contribution in [-0.2, 0) is 4.74 Å². The van der Waals surface area contributed by atoms with Crippen LogP contribution < -0.4 is 5.43 Å². The Bertz CT molecular complexity index is 245. The second-order valence-corrected chi connectivity index (χ2v) is 3.80. The molecule has 0 rings (SSSR count). The quantitative estimate of drug-likeness (QED) is 0.538. The van der Waals surface area contributed by atoms with Gasteiger partial charge >= 0.3 is 6.09 Å². The molecule has 4 heteroatoms. The maximum absolute atomic E-state index is 11.3. The maximum Gasteiger partial charge on any atom is 0.424 e. The van der Waals surface area contributed by atoms with Crippen molar-refractivity contribution < 1.29 is 9.53 Å². The van der Waals surface area contributed by atoms with Gasteiger partial charge in [-0.2, -0.15) is 0 Å². The van der Waals surface area contributed by atoms with E-state index in [0.29, 0.717) is 6.54 Å². The molecule has 0 heterocycles. The smallest absolute Gasteiger partial charge is 0.424 e. The van der Waals surface area contributed by atoms with Crippen molar-refractivity contribution in [1.82, 2.24) is 10.4 Å². The van der Waals surface area contributed by atoms with E-state index in [4.69, 9.17) is 4.74 Å². The van der Waals surface area contributed by atoms with Gasteiger partial charge in [-0.05, 0) is 27.7 Å². The molecule has 80 valence electrons. The van der Waals surface area contributed by atoms with E-state index in [1.165, 1.54) is 5.01 Å². The predicted octanol–water partition coefficient (Wildman–Crippen LogP) is 1.38. The standard InChI is InChI=1S/C10H18N2O2/c1-6-7-8-11-12(5)9(13)14-10(2,3)4/h11H,8H2,1-5H3. The predicted molar refractivity (Wildman–Crippen MR) is 55.4 cm³/mol. The van der Waals surface area contributed by atoms with Crippen LogP contribution in [0.2, 0.25) is 0 Å². The molecule has 0 bridgehead atoms. The molecule has 0 radical (unpaired) electrons. The van der Waals surface area contributed by atoms with Crippen molar-refractivity contribution in [2.75, 3.05) is 13.6 Å². The van der Waals surface area contributed by atoms with Crippen molar-refractivity contribution in [2.24, 2.45) is 0 Å². The van der Waals surface area contributed by atoms with Gasteiger partial charge in [-0.25, -0.2) is 15.2 Å². The minimum Gasteiger partial charge on any atom is -0.443 e. The Labute approximate surface area is 85.6 Å². The fourth-order valence-electron chi connectivity index (χ4n) is 0.641. The summed E-state index contributed by atoms with van der Waals surface area (Å²) < 4.78 is 5.11. The monoisotopic (exact) mass is 198 g/mol. The van der Waals surface area contributed by atoms with Gasteiger partial charge in [-0.1, -0.05) is 5.92 Å². The summed E-state index contributed by atoms with van der Waals surface area (Å²) in [7, 11) is 1.60. The zero-order valence-electron chi connectivity index (χ0n) is 9.47. The number of hydrogen-bond acceptors (Lipinski definition) is 3. The van der Waals surface area contributed by atoms with Gasteiger partial charge in [0.1, 0.15) is 5.60 Å². The maximum atomic E-state index is 11.3. The van der Waals surface area contributed by atoms with E-state index in [9.17, 15) is 4.79 Å². The number of ether oxygens (including phenoxy) is 1. The number of amides is 1. The SMILES string of the molecule is CC#CCNN(C)C(=O)OC(C)(C)C. The van der Waals surface area contributed by atoms with Gasteiger partial charge in [0.15, 0.2) is 0 Å². The minimum absolute atomic E-state index is 0.407. The molecule has 1 N–H and O–H groups in total. The number of hydrazine groups is 1. The highest BCUT2D eigenvalue weighted by molar-refractivity contribution is 5.67. The summed E-state index contributed by atoms with van der Waals surface area (Å²) in [5.74, 6) is 5.51. The van der Waals surface area contributed by atoms with Crippen molar-refractivity contribution in [3.8, 4) is 11.8 Å². The molecular weight excluding hydrogens is 180 g/mol. The van der Waals surface area contributed by atoms with Crippen LogP contribution in [0.25, 0.3) is 0 Å². The van der Waals surface area contributed by atoms with E-state index < -0.39 is 11.7 Å². The largest absolute Gasteiger partial charge is 0.443 e. The minimum atomic E-state index is -0.469. The van der Waals surface area contributed by atoms with Crippen molar-refractivity contribution in [1.29, 1.82) is 0 Å². The summed E-state index contributed by atoms with van der Waals surface area (Å²) >= 11 is 0. The Morgan fingerprint density at radius 1 is 1.50 bits per heavy atom. The molecule has 0 aliphatic carbocycles.